The van der Waals surface area contributed by atoms with E-state index in [1.54, 1.807) is 12.2 Å². The van der Waals surface area contributed by atoms with Crippen molar-refractivity contribution in [1.82, 2.24) is 0 Å². The molecule has 0 saturated carbocycles. The molecular formula is C8H10ClFO. The van der Waals surface area contributed by atoms with Gasteiger partial charge in [0.05, 0.1) is 0 Å². The Bertz CT molecular complexity index is 200. The third-order valence-corrected chi connectivity index (χ3v) is 1.99. The second-order valence-electron chi connectivity index (χ2n) is 2.44. The highest BCUT2D eigenvalue weighted by Gasteiger charge is 2.26. The first-order chi connectivity index (χ1) is 5.20. The van der Waals surface area contributed by atoms with Crippen LogP contribution in [0.25, 0.3) is 0 Å². The summed E-state index contributed by atoms with van der Waals surface area (Å²) in [5.74, 6) is -1.19. The fraction of sp³-hybridized carbons (Fsp3) is 0.500. The van der Waals surface area contributed by atoms with Gasteiger partial charge in [0, 0.05) is 19.4 Å². The van der Waals surface area contributed by atoms with Gasteiger partial charge in [0.1, 0.15) is 0 Å². The maximum Gasteiger partial charge on any atom is 0.231 e. The van der Waals surface area contributed by atoms with Crippen LogP contribution in [0.3, 0.4) is 0 Å². The number of hydrogen-bond acceptors (Lipinski definition) is 1. The van der Waals surface area contributed by atoms with Crippen molar-refractivity contribution in [1.29, 1.82) is 0 Å². The second kappa shape index (κ2) is 3.37. The molecule has 62 valence electrons. The SMILES string of the molecule is COC1(F)C=CC(CCl)=CC1. The van der Waals surface area contributed by atoms with Crippen molar-refractivity contribution in [2.24, 2.45) is 0 Å². The van der Waals surface area contributed by atoms with Crippen LogP contribution in [0.1, 0.15) is 6.42 Å². The zero-order valence-corrected chi connectivity index (χ0v) is 7.07. The standard InChI is InChI=1S/C8H10ClFO/c1-11-8(10)4-2-7(6-9)3-5-8/h2-4H,5-6H2,1H3. The van der Waals surface area contributed by atoms with Gasteiger partial charge in [-0.15, -0.1) is 11.6 Å². The van der Waals surface area contributed by atoms with Crippen LogP contribution in [-0.4, -0.2) is 18.8 Å². The molecule has 1 aliphatic rings. The summed E-state index contributed by atoms with van der Waals surface area (Å²) in [4.78, 5) is 0. The first-order valence-corrected chi connectivity index (χ1v) is 3.92. The topological polar surface area (TPSA) is 9.23 Å². The van der Waals surface area contributed by atoms with E-state index in [0.717, 1.165) is 5.57 Å². The normalized spacial score (nSPS) is 30.3. The molecule has 0 saturated heterocycles. The molecule has 0 aromatic rings. The molecular weight excluding hydrogens is 167 g/mol. The minimum atomic E-state index is -1.62. The van der Waals surface area contributed by atoms with E-state index in [9.17, 15) is 4.39 Å². The van der Waals surface area contributed by atoms with Gasteiger partial charge in [-0.05, 0) is 11.6 Å². The molecule has 11 heavy (non-hydrogen) atoms. The summed E-state index contributed by atoms with van der Waals surface area (Å²) < 4.78 is 17.8. The number of alkyl halides is 2. The lowest BCUT2D eigenvalue weighted by molar-refractivity contribution is -0.0769. The van der Waals surface area contributed by atoms with Crippen LogP contribution in [0.2, 0.25) is 0 Å². The van der Waals surface area contributed by atoms with Gasteiger partial charge < -0.3 is 4.74 Å². The maximum absolute atomic E-state index is 13.2. The Hall–Kier alpha value is -0.340. The number of methoxy groups -OCH3 is 1. The van der Waals surface area contributed by atoms with Crippen LogP contribution in [0.15, 0.2) is 23.8 Å². The first-order valence-electron chi connectivity index (χ1n) is 3.38. The number of allylic oxidation sites excluding steroid dienone is 2. The van der Waals surface area contributed by atoms with Gasteiger partial charge in [0.2, 0.25) is 5.85 Å². The number of halogens is 2. The molecule has 0 heterocycles. The van der Waals surface area contributed by atoms with E-state index >= 15 is 0 Å². The van der Waals surface area contributed by atoms with E-state index in [1.165, 1.54) is 13.2 Å². The smallest absolute Gasteiger partial charge is 0.231 e. The fourth-order valence-corrected chi connectivity index (χ4v) is 1.09. The molecule has 1 nitrogen and oxygen atoms in total. The Labute approximate surface area is 70.5 Å². The highest BCUT2D eigenvalue weighted by molar-refractivity contribution is 6.19. The highest BCUT2D eigenvalue weighted by atomic mass is 35.5. The Balaban J connectivity index is 2.63. The van der Waals surface area contributed by atoms with Gasteiger partial charge in [-0.25, -0.2) is 4.39 Å². The molecule has 0 aromatic carbocycles. The van der Waals surface area contributed by atoms with Gasteiger partial charge in [-0.1, -0.05) is 12.2 Å². The molecule has 0 bridgehead atoms. The summed E-state index contributed by atoms with van der Waals surface area (Å²) in [6.45, 7) is 0. The van der Waals surface area contributed by atoms with Crippen molar-refractivity contribution < 1.29 is 9.13 Å². The molecule has 1 atom stereocenters. The Kier molecular flexibility index (Phi) is 2.68. The largest absolute Gasteiger partial charge is 0.346 e. The average Bonchev–Trinajstić information content (AvgIpc) is 2.06. The lowest BCUT2D eigenvalue weighted by Gasteiger charge is -2.21. The van der Waals surface area contributed by atoms with Crippen molar-refractivity contribution in [3.8, 4) is 0 Å². The minimum Gasteiger partial charge on any atom is -0.346 e. The number of hydrogen-bond donors (Lipinski definition) is 0. The maximum atomic E-state index is 13.2. The summed E-state index contributed by atoms with van der Waals surface area (Å²) in [5.41, 5.74) is 0.942. The van der Waals surface area contributed by atoms with Crippen molar-refractivity contribution in [2.75, 3.05) is 13.0 Å². The van der Waals surface area contributed by atoms with Gasteiger partial charge in [0.25, 0.3) is 0 Å². The zero-order valence-electron chi connectivity index (χ0n) is 6.31. The summed E-state index contributed by atoms with van der Waals surface area (Å²) >= 11 is 5.53. The number of rotatable bonds is 2. The van der Waals surface area contributed by atoms with Gasteiger partial charge in [-0.2, -0.15) is 0 Å². The summed E-state index contributed by atoms with van der Waals surface area (Å²) in [5, 5.41) is 0. The van der Waals surface area contributed by atoms with Crippen molar-refractivity contribution in [2.45, 2.75) is 12.3 Å². The molecule has 1 unspecified atom stereocenters. The van der Waals surface area contributed by atoms with Crippen LogP contribution in [0.5, 0.6) is 0 Å². The molecule has 0 amide bonds. The van der Waals surface area contributed by atoms with Crippen molar-refractivity contribution >= 4 is 11.6 Å². The van der Waals surface area contributed by atoms with Gasteiger partial charge in [0.15, 0.2) is 0 Å². The predicted molar refractivity (Wildman–Crippen MR) is 43.4 cm³/mol. The summed E-state index contributed by atoms with van der Waals surface area (Å²) in [6.07, 6.45) is 5.04. The third-order valence-electron chi connectivity index (χ3n) is 1.68. The molecule has 0 aliphatic heterocycles. The lowest BCUT2D eigenvalue weighted by Crippen LogP contribution is -2.23. The van der Waals surface area contributed by atoms with E-state index in [4.69, 9.17) is 11.6 Å². The molecule has 0 spiro atoms. The van der Waals surface area contributed by atoms with Crippen LogP contribution < -0.4 is 0 Å². The van der Waals surface area contributed by atoms with E-state index in [-0.39, 0.29) is 6.42 Å². The molecule has 0 N–H and O–H groups in total. The highest BCUT2D eigenvalue weighted by Crippen LogP contribution is 2.25. The molecule has 1 aliphatic carbocycles. The predicted octanol–water partition coefficient (Wildman–Crippen LogP) is 2.42. The van der Waals surface area contributed by atoms with E-state index in [2.05, 4.69) is 4.74 Å². The second-order valence-corrected chi connectivity index (χ2v) is 2.71. The Morgan fingerprint density at radius 3 is 2.91 bits per heavy atom. The molecule has 0 radical (unpaired) electrons. The molecule has 3 heteroatoms. The van der Waals surface area contributed by atoms with Crippen LogP contribution in [-0.2, 0) is 4.74 Å². The molecule has 0 fully saturated rings. The Morgan fingerprint density at radius 2 is 2.55 bits per heavy atom. The summed E-state index contributed by atoms with van der Waals surface area (Å²) in [6, 6.07) is 0. The van der Waals surface area contributed by atoms with E-state index < -0.39 is 5.85 Å². The van der Waals surface area contributed by atoms with Crippen LogP contribution in [0.4, 0.5) is 4.39 Å². The van der Waals surface area contributed by atoms with E-state index in [1.807, 2.05) is 0 Å². The quantitative estimate of drug-likeness (QED) is 0.588. The van der Waals surface area contributed by atoms with E-state index in [0.29, 0.717) is 5.88 Å². The fourth-order valence-electron chi connectivity index (χ4n) is 0.888. The first kappa shape index (κ1) is 8.75. The monoisotopic (exact) mass is 176 g/mol. The van der Waals surface area contributed by atoms with Gasteiger partial charge >= 0.3 is 0 Å². The van der Waals surface area contributed by atoms with Crippen molar-refractivity contribution in [3.63, 3.8) is 0 Å². The Morgan fingerprint density at radius 1 is 1.82 bits per heavy atom. The average molecular weight is 177 g/mol. The van der Waals surface area contributed by atoms with Crippen LogP contribution in [0, 0.1) is 0 Å². The molecule has 1 rings (SSSR count). The van der Waals surface area contributed by atoms with Crippen LogP contribution >= 0.6 is 11.6 Å². The molecule has 0 aromatic heterocycles. The zero-order chi connectivity index (χ0) is 8.32. The third kappa shape index (κ3) is 2.04. The minimum absolute atomic E-state index is 0.252. The number of ether oxygens (including phenoxy) is 1. The summed E-state index contributed by atoms with van der Waals surface area (Å²) in [7, 11) is 1.35. The lowest BCUT2D eigenvalue weighted by atomic mass is 10.0. The van der Waals surface area contributed by atoms with Gasteiger partial charge in [-0.3, -0.25) is 0 Å². The van der Waals surface area contributed by atoms with Crippen molar-refractivity contribution in [3.05, 3.63) is 23.8 Å².